The van der Waals surface area contributed by atoms with Crippen LogP contribution in [0.1, 0.15) is 39.5 Å². The monoisotopic (exact) mass is 256 g/mol. The summed E-state index contributed by atoms with van der Waals surface area (Å²) in [7, 11) is 0. The molecule has 1 amide bonds. The Morgan fingerprint density at radius 2 is 2.11 bits per heavy atom. The van der Waals surface area contributed by atoms with Gasteiger partial charge >= 0.3 is 5.97 Å². The predicted molar refractivity (Wildman–Crippen MR) is 69.0 cm³/mol. The first-order valence-corrected chi connectivity index (χ1v) is 6.66. The number of nitrogens with zero attached hydrogens (tertiary/aromatic N) is 1. The van der Waals surface area contributed by atoms with Gasteiger partial charge in [0.25, 0.3) is 0 Å². The largest absolute Gasteiger partial charge is 0.481 e. The average molecular weight is 256 g/mol. The van der Waals surface area contributed by atoms with Crippen molar-refractivity contribution in [3.05, 3.63) is 0 Å². The van der Waals surface area contributed by atoms with Gasteiger partial charge in [0.15, 0.2) is 0 Å². The number of carbonyl (C=O) groups excluding carboxylic acids is 1. The molecule has 5 nitrogen and oxygen atoms in total. The van der Waals surface area contributed by atoms with Crippen LogP contribution in [0.3, 0.4) is 0 Å². The fourth-order valence-electron chi connectivity index (χ4n) is 2.44. The zero-order chi connectivity index (χ0) is 13.7. The number of nitrogens with two attached hydrogens (primary N) is 1. The Morgan fingerprint density at radius 3 is 2.67 bits per heavy atom. The van der Waals surface area contributed by atoms with Crippen molar-refractivity contribution in [2.45, 2.75) is 45.6 Å². The normalized spacial score (nSPS) is 21.3. The van der Waals surface area contributed by atoms with Crippen LogP contribution in [0.4, 0.5) is 0 Å². The molecule has 1 heterocycles. The van der Waals surface area contributed by atoms with Gasteiger partial charge in [0.1, 0.15) is 0 Å². The van der Waals surface area contributed by atoms with Crippen LogP contribution in [0.25, 0.3) is 0 Å². The van der Waals surface area contributed by atoms with Crippen LogP contribution in [-0.4, -0.2) is 41.0 Å². The van der Waals surface area contributed by atoms with Gasteiger partial charge in [-0.2, -0.15) is 0 Å². The molecule has 0 aliphatic carbocycles. The average Bonchev–Trinajstić information content (AvgIpc) is 2.72. The second kappa shape index (κ2) is 6.73. The molecule has 1 saturated heterocycles. The standard InChI is InChI=1S/C13H24N2O3/c1-9(2)7-11(14)13(18)15-6-5-10(8-15)3-4-12(16)17/h9-11H,3-8,14H2,1-2H3,(H,16,17)/t10?,11-/m1/s1. The number of hydrogen-bond donors (Lipinski definition) is 2. The SMILES string of the molecule is CC(C)C[C@@H](N)C(=O)N1CCC(CCC(=O)O)C1. The number of likely N-dealkylation sites (tertiary alicyclic amines) is 1. The molecular weight excluding hydrogens is 232 g/mol. The predicted octanol–water partition coefficient (Wildman–Crippen LogP) is 1.07. The van der Waals surface area contributed by atoms with Crippen molar-refractivity contribution in [2.75, 3.05) is 13.1 Å². The van der Waals surface area contributed by atoms with Gasteiger partial charge in [-0.3, -0.25) is 9.59 Å². The van der Waals surface area contributed by atoms with Crippen LogP contribution in [0.15, 0.2) is 0 Å². The lowest BCUT2D eigenvalue weighted by Crippen LogP contribution is -2.43. The number of carboxylic acids is 1. The van der Waals surface area contributed by atoms with Crippen LogP contribution in [-0.2, 0) is 9.59 Å². The second-order valence-electron chi connectivity index (χ2n) is 5.61. The fraction of sp³-hybridized carbons (Fsp3) is 0.846. The van der Waals surface area contributed by atoms with E-state index in [1.807, 2.05) is 13.8 Å². The van der Waals surface area contributed by atoms with E-state index in [0.29, 0.717) is 31.2 Å². The van der Waals surface area contributed by atoms with E-state index in [1.165, 1.54) is 0 Å². The molecule has 3 N–H and O–H groups in total. The van der Waals surface area contributed by atoms with Gasteiger partial charge in [-0.25, -0.2) is 0 Å². The van der Waals surface area contributed by atoms with E-state index in [2.05, 4.69) is 0 Å². The number of amides is 1. The molecule has 1 rings (SSSR count). The van der Waals surface area contributed by atoms with E-state index in [0.717, 1.165) is 13.0 Å². The van der Waals surface area contributed by atoms with Crippen LogP contribution >= 0.6 is 0 Å². The zero-order valence-electron chi connectivity index (χ0n) is 11.3. The van der Waals surface area contributed by atoms with Crippen molar-refractivity contribution in [1.82, 2.24) is 4.90 Å². The first-order chi connectivity index (χ1) is 8.40. The lowest BCUT2D eigenvalue weighted by Gasteiger charge is -2.22. The molecule has 104 valence electrons. The molecule has 0 aromatic heterocycles. The highest BCUT2D eigenvalue weighted by atomic mass is 16.4. The maximum atomic E-state index is 12.0. The van der Waals surface area contributed by atoms with E-state index < -0.39 is 12.0 Å². The molecule has 5 heteroatoms. The summed E-state index contributed by atoms with van der Waals surface area (Å²) in [6, 6.07) is -0.414. The van der Waals surface area contributed by atoms with Gasteiger partial charge in [0.05, 0.1) is 6.04 Å². The Bertz CT molecular complexity index is 305. The molecule has 1 unspecified atom stereocenters. The van der Waals surface area contributed by atoms with E-state index in [1.54, 1.807) is 4.90 Å². The molecule has 0 spiro atoms. The Hall–Kier alpha value is -1.10. The summed E-state index contributed by atoms with van der Waals surface area (Å²) in [5.74, 6) is -0.0246. The lowest BCUT2D eigenvalue weighted by molar-refractivity contribution is -0.137. The minimum atomic E-state index is -0.767. The zero-order valence-corrected chi connectivity index (χ0v) is 11.3. The number of carboxylic acid groups (broad SMARTS) is 1. The third-order valence-electron chi connectivity index (χ3n) is 3.41. The molecular formula is C13H24N2O3. The summed E-state index contributed by atoms with van der Waals surface area (Å²) in [5.41, 5.74) is 5.88. The maximum absolute atomic E-state index is 12.0. The highest BCUT2D eigenvalue weighted by Gasteiger charge is 2.29. The number of hydrogen-bond acceptors (Lipinski definition) is 3. The maximum Gasteiger partial charge on any atom is 0.303 e. The quantitative estimate of drug-likeness (QED) is 0.744. The van der Waals surface area contributed by atoms with Crippen molar-refractivity contribution in [3.63, 3.8) is 0 Å². The van der Waals surface area contributed by atoms with Crippen molar-refractivity contribution in [1.29, 1.82) is 0 Å². The molecule has 18 heavy (non-hydrogen) atoms. The molecule has 1 fully saturated rings. The van der Waals surface area contributed by atoms with E-state index >= 15 is 0 Å². The van der Waals surface area contributed by atoms with Gasteiger partial charge in [-0.15, -0.1) is 0 Å². The second-order valence-corrected chi connectivity index (χ2v) is 5.61. The summed E-state index contributed by atoms with van der Waals surface area (Å²) in [5, 5.41) is 8.64. The molecule has 1 aliphatic heterocycles. The number of aliphatic carboxylic acids is 1. The van der Waals surface area contributed by atoms with Crippen molar-refractivity contribution >= 4 is 11.9 Å². The summed E-state index contributed by atoms with van der Waals surface area (Å²) in [6.45, 7) is 5.48. The van der Waals surface area contributed by atoms with Gasteiger partial charge in [-0.1, -0.05) is 13.8 Å². The Kier molecular flexibility index (Phi) is 5.59. The minimum Gasteiger partial charge on any atom is -0.481 e. The Morgan fingerprint density at radius 1 is 1.44 bits per heavy atom. The van der Waals surface area contributed by atoms with Gasteiger partial charge < -0.3 is 15.7 Å². The van der Waals surface area contributed by atoms with Crippen molar-refractivity contribution in [2.24, 2.45) is 17.6 Å². The van der Waals surface area contributed by atoms with Crippen molar-refractivity contribution < 1.29 is 14.7 Å². The molecule has 0 aromatic rings. The molecule has 2 atom stereocenters. The van der Waals surface area contributed by atoms with Gasteiger partial charge in [0, 0.05) is 19.5 Å². The van der Waals surface area contributed by atoms with Gasteiger partial charge in [-0.05, 0) is 31.1 Å². The number of rotatable bonds is 6. The third-order valence-corrected chi connectivity index (χ3v) is 3.41. The van der Waals surface area contributed by atoms with E-state index in [-0.39, 0.29) is 12.3 Å². The third kappa shape index (κ3) is 4.64. The van der Waals surface area contributed by atoms with Crippen LogP contribution < -0.4 is 5.73 Å². The highest BCUT2D eigenvalue weighted by Crippen LogP contribution is 2.22. The minimum absolute atomic E-state index is 0.0153. The molecule has 0 bridgehead atoms. The summed E-state index contributed by atoms with van der Waals surface area (Å²) in [4.78, 5) is 24.3. The summed E-state index contributed by atoms with van der Waals surface area (Å²) in [6.07, 6.45) is 2.44. The lowest BCUT2D eigenvalue weighted by atomic mass is 10.0. The van der Waals surface area contributed by atoms with Crippen LogP contribution in [0.2, 0.25) is 0 Å². The first-order valence-electron chi connectivity index (χ1n) is 6.66. The molecule has 0 aromatic carbocycles. The summed E-state index contributed by atoms with van der Waals surface area (Å²) < 4.78 is 0. The number of carbonyl (C=O) groups is 2. The molecule has 0 radical (unpaired) electrons. The first kappa shape index (κ1) is 15.0. The summed E-state index contributed by atoms with van der Waals surface area (Å²) >= 11 is 0. The van der Waals surface area contributed by atoms with Crippen LogP contribution in [0.5, 0.6) is 0 Å². The van der Waals surface area contributed by atoms with Crippen LogP contribution in [0, 0.1) is 11.8 Å². The topological polar surface area (TPSA) is 83.6 Å². The van der Waals surface area contributed by atoms with Gasteiger partial charge in [0.2, 0.25) is 5.91 Å². The van der Waals surface area contributed by atoms with E-state index in [4.69, 9.17) is 10.8 Å². The van der Waals surface area contributed by atoms with E-state index in [9.17, 15) is 9.59 Å². The highest BCUT2D eigenvalue weighted by molar-refractivity contribution is 5.81. The molecule has 0 saturated carbocycles. The Balaban J connectivity index is 2.36. The smallest absolute Gasteiger partial charge is 0.303 e. The molecule has 1 aliphatic rings. The fourth-order valence-corrected chi connectivity index (χ4v) is 2.44. The Labute approximate surface area is 108 Å². The van der Waals surface area contributed by atoms with Crippen molar-refractivity contribution in [3.8, 4) is 0 Å².